The molecular weight excluding hydrogens is 274 g/mol. The predicted octanol–water partition coefficient (Wildman–Crippen LogP) is 1.49. The Balaban J connectivity index is 2.75. The van der Waals surface area contributed by atoms with Crippen LogP contribution in [0.4, 0.5) is 0 Å². The number of amides is 1. The van der Waals surface area contributed by atoms with E-state index in [2.05, 4.69) is 14.9 Å². The highest BCUT2D eigenvalue weighted by Crippen LogP contribution is 2.22. The Labute approximate surface area is 113 Å². The summed E-state index contributed by atoms with van der Waals surface area (Å²) in [5, 5.41) is 15.2. The van der Waals surface area contributed by atoms with Crippen molar-refractivity contribution in [3.8, 4) is 0 Å². The van der Waals surface area contributed by atoms with Gasteiger partial charge in [0.25, 0.3) is 5.91 Å². The molecule has 8 heteroatoms. The second-order valence-corrected chi connectivity index (χ2v) is 5.94. The van der Waals surface area contributed by atoms with Crippen LogP contribution in [0.15, 0.2) is 4.21 Å². The summed E-state index contributed by atoms with van der Waals surface area (Å²) in [6.45, 7) is 3.81. The van der Waals surface area contributed by atoms with E-state index in [1.54, 1.807) is 0 Å². The number of carbonyl (C=O) groups excluding carboxylic acids is 1. The lowest BCUT2D eigenvalue weighted by atomic mass is 10.0. The molecule has 1 aromatic rings. The summed E-state index contributed by atoms with van der Waals surface area (Å²) in [6.07, 6.45) is 2.20. The van der Waals surface area contributed by atoms with E-state index < -0.39 is 17.9 Å². The number of carbonyl (C=O) groups is 2. The average molecular weight is 289 g/mol. The summed E-state index contributed by atoms with van der Waals surface area (Å²) in [6, 6.07) is -0.895. The number of hydrogen-bond acceptors (Lipinski definition) is 6. The molecular formula is C10H15N3O3S2. The van der Waals surface area contributed by atoms with Crippen molar-refractivity contribution >= 4 is 35.2 Å². The lowest BCUT2D eigenvalue weighted by Crippen LogP contribution is -2.41. The molecule has 0 saturated carbocycles. The first-order chi connectivity index (χ1) is 8.45. The lowest BCUT2D eigenvalue weighted by molar-refractivity contribution is -0.139. The molecule has 0 bridgehead atoms. The van der Waals surface area contributed by atoms with Gasteiger partial charge in [-0.1, -0.05) is 18.3 Å². The fourth-order valence-electron chi connectivity index (χ4n) is 1.37. The highest BCUT2D eigenvalue weighted by atomic mass is 32.2. The second-order valence-electron chi connectivity index (χ2n) is 4.11. The molecule has 0 radical (unpaired) electrons. The van der Waals surface area contributed by atoms with Crippen molar-refractivity contribution in [1.29, 1.82) is 0 Å². The van der Waals surface area contributed by atoms with Gasteiger partial charge in [0.2, 0.25) is 0 Å². The van der Waals surface area contributed by atoms with Gasteiger partial charge in [-0.2, -0.15) is 0 Å². The highest BCUT2D eigenvalue weighted by molar-refractivity contribution is 8.00. The van der Waals surface area contributed by atoms with Crippen LogP contribution < -0.4 is 5.32 Å². The molecule has 1 atom stereocenters. The molecule has 1 rings (SSSR count). The van der Waals surface area contributed by atoms with Crippen LogP contribution in [0.5, 0.6) is 0 Å². The number of aliphatic carboxylic acids is 1. The smallest absolute Gasteiger partial charge is 0.326 e. The number of nitrogens with zero attached hydrogens (tertiary/aromatic N) is 2. The monoisotopic (exact) mass is 289 g/mol. The Bertz CT molecular complexity index is 434. The molecule has 1 amide bonds. The summed E-state index contributed by atoms with van der Waals surface area (Å²) >= 11 is 2.49. The first-order valence-electron chi connectivity index (χ1n) is 5.35. The molecule has 1 heterocycles. The van der Waals surface area contributed by atoms with Crippen molar-refractivity contribution in [2.75, 3.05) is 6.26 Å². The minimum Gasteiger partial charge on any atom is -0.480 e. The Kier molecular flexibility index (Phi) is 5.54. The van der Waals surface area contributed by atoms with Crippen LogP contribution in [0, 0.1) is 5.92 Å². The number of thioether (sulfide) groups is 1. The number of aromatic nitrogens is 2. The summed E-state index contributed by atoms with van der Waals surface area (Å²) in [7, 11) is 0. The Morgan fingerprint density at radius 2 is 2.17 bits per heavy atom. The van der Waals surface area contributed by atoms with Gasteiger partial charge < -0.3 is 10.4 Å². The molecule has 0 saturated heterocycles. The maximum atomic E-state index is 11.9. The number of rotatable bonds is 6. The first-order valence-corrected chi connectivity index (χ1v) is 7.35. The van der Waals surface area contributed by atoms with Gasteiger partial charge in [-0.15, -0.1) is 16.9 Å². The number of carboxylic acid groups (broad SMARTS) is 1. The van der Waals surface area contributed by atoms with Crippen molar-refractivity contribution in [2.24, 2.45) is 5.92 Å². The standard InChI is InChI=1S/C10H15N3O3S2/c1-5(2)4-6(9(15)16)11-8(14)7-10(17-3)18-13-12-7/h5-6H,4H2,1-3H3,(H,11,14)(H,15,16)/t6-/m1/s1. The van der Waals surface area contributed by atoms with Crippen molar-refractivity contribution in [1.82, 2.24) is 14.9 Å². The zero-order valence-corrected chi connectivity index (χ0v) is 12.0. The quantitative estimate of drug-likeness (QED) is 0.771. The van der Waals surface area contributed by atoms with Crippen LogP contribution in [0.1, 0.15) is 30.8 Å². The number of carboxylic acids is 1. The Morgan fingerprint density at radius 3 is 2.67 bits per heavy atom. The summed E-state index contributed by atoms with van der Waals surface area (Å²) in [5.74, 6) is -1.34. The fourth-order valence-corrected chi connectivity index (χ4v) is 2.52. The van der Waals surface area contributed by atoms with Crippen LogP contribution in [-0.2, 0) is 4.79 Å². The SMILES string of the molecule is CSc1snnc1C(=O)N[C@H](CC(C)C)C(=O)O. The summed E-state index contributed by atoms with van der Waals surface area (Å²) in [5.41, 5.74) is 0.197. The number of nitrogens with one attached hydrogen (secondary N) is 1. The maximum absolute atomic E-state index is 11.9. The van der Waals surface area contributed by atoms with E-state index in [9.17, 15) is 9.59 Å². The fraction of sp³-hybridized carbons (Fsp3) is 0.600. The van der Waals surface area contributed by atoms with Gasteiger partial charge in [0.15, 0.2) is 5.69 Å². The van der Waals surface area contributed by atoms with Crippen molar-refractivity contribution in [2.45, 2.75) is 30.5 Å². The van der Waals surface area contributed by atoms with Crippen LogP contribution in [0.25, 0.3) is 0 Å². The molecule has 0 unspecified atom stereocenters. The topological polar surface area (TPSA) is 92.2 Å². The largest absolute Gasteiger partial charge is 0.480 e. The Hall–Kier alpha value is -1.15. The molecule has 0 aliphatic carbocycles. The second kappa shape index (κ2) is 6.69. The van der Waals surface area contributed by atoms with Crippen molar-refractivity contribution in [3.63, 3.8) is 0 Å². The van der Waals surface area contributed by atoms with E-state index in [4.69, 9.17) is 5.11 Å². The normalized spacial score (nSPS) is 12.4. The molecule has 1 aromatic heterocycles. The van der Waals surface area contributed by atoms with Crippen molar-refractivity contribution in [3.05, 3.63) is 5.69 Å². The minimum absolute atomic E-state index is 0.181. The van der Waals surface area contributed by atoms with Crippen LogP contribution >= 0.6 is 23.3 Å². The maximum Gasteiger partial charge on any atom is 0.326 e. The van der Waals surface area contributed by atoms with E-state index in [-0.39, 0.29) is 11.6 Å². The van der Waals surface area contributed by atoms with Crippen molar-refractivity contribution < 1.29 is 14.7 Å². The molecule has 100 valence electrons. The minimum atomic E-state index is -1.04. The van der Waals surface area contributed by atoms with E-state index in [0.29, 0.717) is 10.6 Å². The Morgan fingerprint density at radius 1 is 1.50 bits per heavy atom. The molecule has 18 heavy (non-hydrogen) atoms. The third kappa shape index (κ3) is 3.95. The zero-order chi connectivity index (χ0) is 13.7. The third-order valence-electron chi connectivity index (χ3n) is 2.17. The average Bonchev–Trinajstić information content (AvgIpc) is 2.75. The highest BCUT2D eigenvalue weighted by Gasteiger charge is 2.24. The van der Waals surface area contributed by atoms with Gasteiger partial charge in [0, 0.05) is 0 Å². The first kappa shape index (κ1) is 14.9. The molecule has 0 aliphatic heterocycles. The third-order valence-corrected chi connectivity index (χ3v) is 3.98. The molecule has 0 aliphatic rings. The summed E-state index contributed by atoms with van der Waals surface area (Å²) < 4.78 is 4.37. The van der Waals surface area contributed by atoms with E-state index in [1.165, 1.54) is 11.8 Å². The van der Waals surface area contributed by atoms with Gasteiger partial charge >= 0.3 is 5.97 Å². The van der Waals surface area contributed by atoms with Crippen LogP contribution in [0.2, 0.25) is 0 Å². The molecule has 2 N–H and O–H groups in total. The number of hydrogen-bond donors (Lipinski definition) is 2. The lowest BCUT2D eigenvalue weighted by Gasteiger charge is -2.15. The molecule has 6 nitrogen and oxygen atoms in total. The predicted molar refractivity (Wildman–Crippen MR) is 70.0 cm³/mol. The molecule has 0 fully saturated rings. The zero-order valence-electron chi connectivity index (χ0n) is 10.3. The van der Waals surface area contributed by atoms with Gasteiger partial charge in [0.1, 0.15) is 10.3 Å². The molecule has 0 spiro atoms. The van der Waals surface area contributed by atoms with Gasteiger partial charge in [-0.3, -0.25) is 4.79 Å². The molecule has 0 aromatic carbocycles. The van der Waals surface area contributed by atoms with Gasteiger partial charge in [-0.05, 0) is 30.1 Å². The summed E-state index contributed by atoms with van der Waals surface area (Å²) in [4.78, 5) is 22.9. The van der Waals surface area contributed by atoms with E-state index in [0.717, 1.165) is 11.5 Å². The van der Waals surface area contributed by atoms with E-state index >= 15 is 0 Å². The van der Waals surface area contributed by atoms with Crippen LogP contribution in [0.3, 0.4) is 0 Å². The van der Waals surface area contributed by atoms with Crippen LogP contribution in [-0.4, -0.2) is 38.9 Å². The van der Waals surface area contributed by atoms with Gasteiger partial charge in [-0.25, -0.2) is 4.79 Å². The van der Waals surface area contributed by atoms with E-state index in [1.807, 2.05) is 20.1 Å². The van der Waals surface area contributed by atoms with Gasteiger partial charge in [0.05, 0.1) is 0 Å².